The van der Waals surface area contributed by atoms with Crippen LogP contribution in [0.5, 0.6) is 0 Å². The second-order valence-electron chi connectivity index (χ2n) is 8.52. The molecule has 3 saturated heterocycles. The summed E-state index contributed by atoms with van der Waals surface area (Å²) in [5.41, 5.74) is -0.761. The first-order valence-corrected chi connectivity index (χ1v) is 10.2. The lowest BCUT2D eigenvalue weighted by Gasteiger charge is -2.34. The van der Waals surface area contributed by atoms with Crippen molar-refractivity contribution >= 4 is 30.3 Å². The van der Waals surface area contributed by atoms with Crippen molar-refractivity contribution in [2.24, 2.45) is 5.92 Å². The van der Waals surface area contributed by atoms with Crippen molar-refractivity contribution in [2.75, 3.05) is 19.6 Å². The fourth-order valence-corrected chi connectivity index (χ4v) is 5.14. The molecule has 0 aromatic carbocycles. The molecule has 4 amide bonds. The van der Waals surface area contributed by atoms with E-state index in [-0.39, 0.29) is 30.8 Å². The van der Waals surface area contributed by atoms with Crippen LogP contribution in [0.25, 0.3) is 0 Å². The van der Waals surface area contributed by atoms with E-state index in [2.05, 4.69) is 17.6 Å². The number of hydrogen-bond donors (Lipinski definition) is 2. The van der Waals surface area contributed by atoms with Gasteiger partial charge in [-0.25, -0.2) is 4.79 Å². The van der Waals surface area contributed by atoms with Crippen LogP contribution in [0.1, 0.15) is 58.3 Å². The number of carbonyl (C=O) groups excluding carboxylic acids is 3. The molecule has 7 nitrogen and oxygen atoms in total. The van der Waals surface area contributed by atoms with Crippen LogP contribution in [-0.2, 0) is 9.59 Å². The summed E-state index contributed by atoms with van der Waals surface area (Å²) < 4.78 is 0. The van der Waals surface area contributed by atoms with E-state index in [1.807, 2.05) is 4.90 Å². The topological polar surface area (TPSA) is 81.8 Å². The zero-order chi connectivity index (χ0) is 18.3. The summed E-state index contributed by atoms with van der Waals surface area (Å²) in [6, 6.07) is 0.463. The molecule has 8 heteroatoms. The van der Waals surface area contributed by atoms with Crippen LogP contribution in [0.2, 0.25) is 0 Å². The maximum atomic E-state index is 13.0. The summed E-state index contributed by atoms with van der Waals surface area (Å²) in [6.45, 7) is 3.44. The average molecular weight is 399 g/mol. The third kappa shape index (κ3) is 3.81. The van der Waals surface area contributed by atoms with Crippen molar-refractivity contribution < 1.29 is 14.4 Å². The van der Waals surface area contributed by atoms with Gasteiger partial charge in [0.1, 0.15) is 12.1 Å². The quantitative estimate of drug-likeness (QED) is 0.708. The van der Waals surface area contributed by atoms with Crippen LogP contribution >= 0.6 is 12.4 Å². The number of likely N-dealkylation sites (tertiary alicyclic amines) is 1. The van der Waals surface area contributed by atoms with Gasteiger partial charge in [0.05, 0.1) is 0 Å². The van der Waals surface area contributed by atoms with Crippen molar-refractivity contribution in [1.29, 1.82) is 0 Å². The highest BCUT2D eigenvalue weighted by molar-refractivity contribution is 6.09. The molecule has 0 aromatic heterocycles. The van der Waals surface area contributed by atoms with E-state index in [1.54, 1.807) is 0 Å². The Kier molecular flexibility index (Phi) is 6.01. The van der Waals surface area contributed by atoms with Crippen LogP contribution in [0.4, 0.5) is 4.79 Å². The predicted octanol–water partition coefficient (Wildman–Crippen LogP) is 1.65. The van der Waals surface area contributed by atoms with Gasteiger partial charge < -0.3 is 15.5 Å². The molecule has 0 aromatic rings. The summed E-state index contributed by atoms with van der Waals surface area (Å²) in [6.07, 6.45) is 7.66. The molecule has 4 fully saturated rings. The van der Waals surface area contributed by atoms with Crippen LogP contribution in [0, 0.1) is 5.92 Å². The number of nitrogens with one attached hydrogen (secondary N) is 2. The fraction of sp³-hybridized carbons (Fsp3) is 0.842. The van der Waals surface area contributed by atoms with E-state index in [9.17, 15) is 14.4 Å². The van der Waals surface area contributed by atoms with Gasteiger partial charge in [0.15, 0.2) is 0 Å². The van der Waals surface area contributed by atoms with Crippen molar-refractivity contribution in [1.82, 2.24) is 20.4 Å². The van der Waals surface area contributed by atoms with Gasteiger partial charge in [-0.2, -0.15) is 0 Å². The smallest absolute Gasteiger partial charge is 0.325 e. The summed E-state index contributed by atoms with van der Waals surface area (Å²) in [5, 5.41) is 6.47. The zero-order valence-corrected chi connectivity index (χ0v) is 16.9. The number of nitrogens with zero attached hydrogens (tertiary/aromatic N) is 2. The molecule has 1 saturated carbocycles. The Morgan fingerprint density at radius 1 is 1.11 bits per heavy atom. The minimum atomic E-state index is -0.761. The van der Waals surface area contributed by atoms with Gasteiger partial charge in [-0.3, -0.25) is 14.5 Å². The highest BCUT2D eigenvalue weighted by Gasteiger charge is 2.52. The van der Waals surface area contributed by atoms with E-state index in [0.717, 1.165) is 37.0 Å². The molecular formula is C19H31ClN4O3. The molecule has 2 atom stereocenters. The Hall–Kier alpha value is -1.34. The van der Waals surface area contributed by atoms with Crippen LogP contribution in [-0.4, -0.2) is 64.9 Å². The molecule has 2 unspecified atom stereocenters. The third-order valence-corrected chi connectivity index (χ3v) is 6.95. The normalized spacial score (nSPS) is 35.8. The van der Waals surface area contributed by atoms with Crippen molar-refractivity contribution in [3.05, 3.63) is 0 Å². The second-order valence-corrected chi connectivity index (χ2v) is 8.52. The number of imide groups is 1. The van der Waals surface area contributed by atoms with E-state index in [1.165, 1.54) is 6.42 Å². The van der Waals surface area contributed by atoms with Crippen LogP contribution in [0.15, 0.2) is 0 Å². The second kappa shape index (κ2) is 7.95. The molecule has 4 rings (SSSR count). The molecule has 27 heavy (non-hydrogen) atoms. The lowest BCUT2D eigenvalue weighted by molar-refractivity contribution is -0.139. The summed E-state index contributed by atoms with van der Waals surface area (Å²) >= 11 is 0. The largest absolute Gasteiger partial charge is 0.340 e. The maximum absolute atomic E-state index is 13.0. The summed E-state index contributed by atoms with van der Waals surface area (Å²) in [4.78, 5) is 41.2. The van der Waals surface area contributed by atoms with Gasteiger partial charge in [-0.05, 0) is 50.9 Å². The highest BCUT2D eigenvalue weighted by atomic mass is 35.5. The zero-order valence-electron chi connectivity index (χ0n) is 16.0. The first-order chi connectivity index (χ1) is 12.5. The fourth-order valence-electron chi connectivity index (χ4n) is 5.14. The molecule has 1 spiro atoms. The Bertz CT molecular complexity index is 606. The van der Waals surface area contributed by atoms with Crippen molar-refractivity contribution in [3.8, 4) is 0 Å². The number of rotatable bonds is 3. The molecular weight excluding hydrogens is 368 g/mol. The molecule has 0 radical (unpaired) electrons. The van der Waals surface area contributed by atoms with Gasteiger partial charge in [-0.1, -0.05) is 13.3 Å². The third-order valence-electron chi connectivity index (χ3n) is 6.95. The molecule has 2 bridgehead atoms. The van der Waals surface area contributed by atoms with Crippen LogP contribution in [0.3, 0.4) is 0 Å². The Labute approximate surface area is 167 Å². The molecule has 3 heterocycles. The summed E-state index contributed by atoms with van der Waals surface area (Å²) in [7, 11) is 0. The van der Waals surface area contributed by atoms with Gasteiger partial charge >= 0.3 is 6.03 Å². The highest BCUT2D eigenvalue weighted by Crippen LogP contribution is 2.37. The number of carbonyl (C=O) groups is 3. The lowest BCUT2D eigenvalue weighted by Crippen LogP contribution is -2.50. The molecule has 3 aliphatic heterocycles. The monoisotopic (exact) mass is 398 g/mol. The molecule has 4 aliphatic rings. The molecule has 1 aliphatic carbocycles. The minimum absolute atomic E-state index is 0. The van der Waals surface area contributed by atoms with Crippen molar-refractivity contribution in [3.63, 3.8) is 0 Å². The number of halogens is 1. The first-order valence-electron chi connectivity index (χ1n) is 10.2. The number of amides is 4. The standard InChI is InChI=1S/C19H30N4O3.ClH/c1-2-13-5-8-19(9-6-13)17(25)23(18(26)21-19)12-16(24)22-10-7-14-3-4-15(11-22)20-14;/h13-15,20H,2-12H2,1H3,(H,21,26);1H. The molecule has 152 valence electrons. The maximum Gasteiger partial charge on any atom is 0.325 e. The lowest BCUT2D eigenvalue weighted by atomic mass is 9.75. The van der Waals surface area contributed by atoms with E-state index in [0.29, 0.717) is 43.9 Å². The van der Waals surface area contributed by atoms with Crippen LogP contribution < -0.4 is 10.6 Å². The number of hydrogen-bond acceptors (Lipinski definition) is 4. The number of fused-ring (bicyclic) bond motifs is 2. The van der Waals surface area contributed by atoms with Gasteiger partial charge in [0, 0.05) is 25.2 Å². The number of urea groups is 1. The SMILES string of the molecule is CCC1CCC2(CC1)NC(=O)N(CC(=O)N1CCC3CCC(C1)N3)C2=O.Cl. The minimum Gasteiger partial charge on any atom is -0.340 e. The van der Waals surface area contributed by atoms with E-state index >= 15 is 0 Å². The van der Waals surface area contributed by atoms with E-state index < -0.39 is 11.6 Å². The first kappa shape index (κ1) is 20.4. The van der Waals surface area contributed by atoms with Gasteiger partial charge in [-0.15, -0.1) is 12.4 Å². The van der Waals surface area contributed by atoms with E-state index in [4.69, 9.17) is 0 Å². The average Bonchev–Trinajstić information content (AvgIpc) is 3.07. The van der Waals surface area contributed by atoms with Gasteiger partial charge in [0.2, 0.25) is 5.91 Å². The Morgan fingerprint density at radius 2 is 1.81 bits per heavy atom. The molecule has 2 N–H and O–H groups in total. The summed E-state index contributed by atoms with van der Waals surface area (Å²) in [5.74, 6) is 0.336. The van der Waals surface area contributed by atoms with Gasteiger partial charge in [0.25, 0.3) is 5.91 Å². The Morgan fingerprint density at radius 3 is 2.52 bits per heavy atom. The Balaban J connectivity index is 0.00000210. The van der Waals surface area contributed by atoms with Crippen molar-refractivity contribution in [2.45, 2.75) is 75.9 Å². The predicted molar refractivity (Wildman–Crippen MR) is 104 cm³/mol.